The Hall–Kier alpha value is -1.23. The molecule has 0 aliphatic carbocycles. The molecule has 104 valence electrons. The molecule has 0 saturated heterocycles. The van der Waals surface area contributed by atoms with E-state index in [9.17, 15) is 9.59 Å². The first-order chi connectivity index (χ1) is 9.10. The highest BCUT2D eigenvalue weighted by atomic mass is 35.5. The highest BCUT2D eigenvalue weighted by Crippen LogP contribution is 2.17. The predicted molar refractivity (Wildman–Crippen MR) is 72.4 cm³/mol. The molecule has 0 radical (unpaired) electrons. The van der Waals surface area contributed by atoms with Crippen molar-refractivity contribution in [3.63, 3.8) is 0 Å². The minimum atomic E-state index is -0.985. The SMILES string of the molecule is CCOC(OCC)C(=O)CC(=O)c1ccccc1Cl. The van der Waals surface area contributed by atoms with Crippen LogP contribution < -0.4 is 0 Å². The number of carbonyl (C=O) groups is 2. The summed E-state index contributed by atoms with van der Waals surface area (Å²) in [5.74, 6) is -0.728. The van der Waals surface area contributed by atoms with Crippen LogP contribution in [0.1, 0.15) is 30.6 Å². The van der Waals surface area contributed by atoms with E-state index >= 15 is 0 Å². The number of halogens is 1. The zero-order valence-electron chi connectivity index (χ0n) is 11.0. The van der Waals surface area contributed by atoms with Crippen molar-refractivity contribution in [1.82, 2.24) is 0 Å². The molecule has 0 aromatic heterocycles. The van der Waals surface area contributed by atoms with Gasteiger partial charge in [-0.05, 0) is 26.0 Å². The highest BCUT2D eigenvalue weighted by molar-refractivity contribution is 6.34. The molecule has 4 nitrogen and oxygen atoms in total. The number of benzene rings is 1. The van der Waals surface area contributed by atoms with Gasteiger partial charge in [0, 0.05) is 18.8 Å². The van der Waals surface area contributed by atoms with Crippen LogP contribution in [-0.4, -0.2) is 31.1 Å². The molecule has 5 heteroatoms. The van der Waals surface area contributed by atoms with Gasteiger partial charge in [-0.15, -0.1) is 0 Å². The van der Waals surface area contributed by atoms with Crippen molar-refractivity contribution in [3.8, 4) is 0 Å². The molecule has 1 rings (SSSR count). The molecule has 0 saturated carbocycles. The predicted octanol–water partition coefficient (Wildman–Crippen LogP) is 2.88. The van der Waals surface area contributed by atoms with Crippen LogP contribution >= 0.6 is 11.6 Å². The monoisotopic (exact) mass is 284 g/mol. The molecular weight excluding hydrogens is 268 g/mol. The molecule has 0 aliphatic heterocycles. The van der Waals surface area contributed by atoms with E-state index in [4.69, 9.17) is 21.1 Å². The van der Waals surface area contributed by atoms with Crippen LogP contribution in [0.5, 0.6) is 0 Å². The van der Waals surface area contributed by atoms with Gasteiger partial charge in [0.1, 0.15) is 0 Å². The van der Waals surface area contributed by atoms with E-state index in [0.717, 1.165) is 0 Å². The van der Waals surface area contributed by atoms with Crippen molar-refractivity contribution in [1.29, 1.82) is 0 Å². The molecule has 0 aliphatic rings. The lowest BCUT2D eigenvalue weighted by molar-refractivity contribution is -0.166. The van der Waals surface area contributed by atoms with Crippen LogP contribution in [-0.2, 0) is 14.3 Å². The third kappa shape index (κ3) is 4.74. The molecule has 0 bridgehead atoms. The van der Waals surface area contributed by atoms with Gasteiger partial charge in [-0.1, -0.05) is 23.7 Å². The quantitative estimate of drug-likeness (QED) is 0.418. The molecule has 0 heterocycles. The molecule has 0 amide bonds. The summed E-state index contributed by atoms with van der Waals surface area (Å²) in [4.78, 5) is 23.9. The summed E-state index contributed by atoms with van der Waals surface area (Å²) in [5.41, 5.74) is 0.337. The van der Waals surface area contributed by atoms with Crippen LogP contribution in [0.3, 0.4) is 0 Å². The number of carbonyl (C=O) groups excluding carboxylic acids is 2. The molecule has 0 fully saturated rings. The number of ether oxygens (including phenoxy) is 2. The fourth-order valence-electron chi connectivity index (χ4n) is 1.56. The summed E-state index contributed by atoms with van der Waals surface area (Å²) < 4.78 is 10.3. The van der Waals surface area contributed by atoms with Crippen molar-refractivity contribution in [2.24, 2.45) is 0 Å². The fourth-order valence-corrected chi connectivity index (χ4v) is 1.80. The maximum atomic E-state index is 12.0. The van der Waals surface area contributed by atoms with E-state index < -0.39 is 12.1 Å². The van der Waals surface area contributed by atoms with Crippen molar-refractivity contribution >= 4 is 23.2 Å². The fraction of sp³-hybridized carbons (Fsp3) is 0.429. The first-order valence-corrected chi connectivity index (χ1v) is 6.51. The van der Waals surface area contributed by atoms with Gasteiger partial charge in [-0.2, -0.15) is 0 Å². The third-order valence-electron chi connectivity index (χ3n) is 2.41. The maximum absolute atomic E-state index is 12.0. The molecule has 0 unspecified atom stereocenters. The van der Waals surface area contributed by atoms with Gasteiger partial charge < -0.3 is 9.47 Å². The number of hydrogen-bond donors (Lipinski definition) is 0. The lowest BCUT2D eigenvalue weighted by Gasteiger charge is -2.15. The summed E-state index contributed by atoms with van der Waals surface area (Å²) in [7, 11) is 0. The normalized spacial score (nSPS) is 10.7. The molecule has 1 aromatic rings. The Morgan fingerprint density at radius 2 is 1.74 bits per heavy atom. The van der Waals surface area contributed by atoms with Gasteiger partial charge in [-0.3, -0.25) is 9.59 Å². The first kappa shape index (κ1) is 15.8. The molecule has 0 N–H and O–H groups in total. The Kier molecular flexibility index (Phi) is 6.70. The zero-order valence-corrected chi connectivity index (χ0v) is 11.8. The van der Waals surface area contributed by atoms with Crippen LogP contribution in [0.2, 0.25) is 5.02 Å². The number of Topliss-reactive ketones (excluding diaryl/α,β-unsaturated/α-hetero) is 2. The number of hydrogen-bond acceptors (Lipinski definition) is 4. The van der Waals surface area contributed by atoms with Gasteiger partial charge in [-0.25, -0.2) is 0 Å². The summed E-state index contributed by atoms with van der Waals surface area (Å²) in [6.07, 6.45) is -1.27. The van der Waals surface area contributed by atoms with Crippen LogP contribution in [0.4, 0.5) is 0 Å². The van der Waals surface area contributed by atoms with Crippen LogP contribution in [0, 0.1) is 0 Å². The topological polar surface area (TPSA) is 52.6 Å². The Balaban J connectivity index is 2.70. The molecule has 0 atom stereocenters. The van der Waals surface area contributed by atoms with Crippen molar-refractivity contribution in [2.45, 2.75) is 26.6 Å². The number of ketones is 2. The van der Waals surface area contributed by atoms with E-state index in [1.54, 1.807) is 38.1 Å². The average Bonchev–Trinajstić information content (AvgIpc) is 2.38. The summed E-state index contributed by atoms with van der Waals surface area (Å²) in [6.45, 7) is 4.21. The molecule has 1 aromatic carbocycles. The lowest BCUT2D eigenvalue weighted by atomic mass is 10.1. The van der Waals surface area contributed by atoms with Gasteiger partial charge in [0.15, 0.2) is 11.6 Å². The first-order valence-electron chi connectivity index (χ1n) is 6.13. The van der Waals surface area contributed by atoms with E-state index in [2.05, 4.69) is 0 Å². The summed E-state index contributed by atoms with van der Waals surface area (Å²) in [6, 6.07) is 6.63. The van der Waals surface area contributed by atoms with E-state index in [1.807, 2.05) is 0 Å². The van der Waals surface area contributed by atoms with Crippen molar-refractivity contribution < 1.29 is 19.1 Å². The van der Waals surface area contributed by atoms with Crippen LogP contribution in [0.15, 0.2) is 24.3 Å². The summed E-state index contributed by atoms with van der Waals surface area (Å²) >= 11 is 5.91. The molecule has 19 heavy (non-hydrogen) atoms. The summed E-state index contributed by atoms with van der Waals surface area (Å²) in [5, 5.41) is 0.338. The standard InChI is InChI=1S/C14H17ClO4/c1-3-18-14(19-4-2)13(17)9-12(16)10-7-5-6-8-11(10)15/h5-8,14H,3-4,9H2,1-2H3. The Morgan fingerprint density at radius 3 is 2.26 bits per heavy atom. The minimum Gasteiger partial charge on any atom is -0.346 e. The Bertz CT molecular complexity index is 439. The van der Waals surface area contributed by atoms with Crippen LogP contribution in [0.25, 0.3) is 0 Å². The van der Waals surface area contributed by atoms with E-state index in [0.29, 0.717) is 23.8 Å². The van der Waals surface area contributed by atoms with Gasteiger partial charge in [0.2, 0.25) is 6.29 Å². The number of rotatable bonds is 8. The molecule has 0 spiro atoms. The lowest BCUT2D eigenvalue weighted by Crippen LogP contribution is -2.29. The van der Waals surface area contributed by atoms with E-state index in [-0.39, 0.29) is 12.2 Å². The van der Waals surface area contributed by atoms with E-state index in [1.165, 1.54) is 0 Å². The smallest absolute Gasteiger partial charge is 0.218 e. The minimum absolute atomic E-state index is 0.283. The second kappa shape index (κ2) is 8.04. The van der Waals surface area contributed by atoms with Crippen molar-refractivity contribution in [3.05, 3.63) is 34.9 Å². The van der Waals surface area contributed by atoms with Crippen molar-refractivity contribution in [2.75, 3.05) is 13.2 Å². The van der Waals surface area contributed by atoms with Gasteiger partial charge >= 0.3 is 0 Å². The third-order valence-corrected chi connectivity index (χ3v) is 2.74. The van der Waals surface area contributed by atoms with Gasteiger partial charge in [0.05, 0.1) is 11.4 Å². The Morgan fingerprint density at radius 1 is 1.16 bits per heavy atom. The average molecular weight is 285 g/mol. The maximum Gasteiger partial charge on any atom is 0.218 e. The molecular formula is C14H17ClO4. The Labute approximate surface area is 117 Å². The second-order valence-corrected chi connectivity index (χ2v) is 4.20. The zero-order chi connectivity index (χ0) is 14.3. The van der Waals surface area contributed by atoms with Gasteiger partial charge in [0.25, 0.3) is 0 Å². The largest absolute Gasteiger partial charge is 0.346 e. The highest BCUT2D eigenvalue weighted by Gasteiger charge is 2.23. The second-order valence-electron chi connectivity index (χ2n) is 3.79.